The minimum absolute atomic E-state index is 0.0435. The lowest BCUT2D eigenvalue weighted by molar-refractivity contribution is 0.0951. The molecule has 0 aliphatic rings. The summed E-state index contributed by atoms with van der Waals surface area (Å²) in [6.45, 7) is 10.9. The second-order valence-corrected chi connectivity index (χ2v) is 9.21. The van der Waals surface area contributed by atoms with Crippen LogP contribution in [0.1, 0.15) is 47.4 Å². The molecule has 3 aromatic rings. The maximum absolute atomic E-state index is 12.4. The average Bonchev–Trinajstić information content (AvgIpc) is 3.00. The van der Waals surface area contributed by atoms with Crippen molar-refractivity contribution in [3.63, 3.8) is 0 Å². The van der Waals surface area contributed by atoms with Gasteiger partial charge in [0.1, 0.15) is 5.69 Å². The van der Waals surface area contributed by atoms with Gasteiger partial charge in [-0.2, -0.15) is 5.10 Å². The Bertz CT molecular complexity index is 1080. The third-order valence-electron chi connectivity index (χ3n) is 4.63. The quantitative estimate of drug-likeness (QED) is 0.696. The number of thiazole rings is 1. The number of carbonyl (C=O) groups is 1. The minimum Gasteiger partial charge on any atom is -0.350 e. The van der Waals surface area contributed by atoms with E-state index in [2.05, 4.69) is 36.2 Å². The number of benzene rings is 1. The van der Waals surface area contributed by atoms with Gasteiger partial charge < -0.3 is 5.32 Å². The SMILES string of the molecule is Cc1nc(C)c(-c2ccc(=O)n(CCNC(=O)c3ccc(C(C)(C)C)cc3)n2)s1. The van der Waals surface area contributed by atoms with Gasteiger partial charge in [-0.1, -0.05) is 32.9 Å². The van der Waals surface area contributed by atoms with Crippen molar-refractivity contribution in [1.29, 1.82) is 0 Å². The number of hydrogen-bond acceptors (Lipinski definition) is 5. The number of nitrogens with zero attached hydrogens (tertiary/aromatic N) is 3. The van der Waals surface area contributed by atoms with E-state index in [9.17, 15) is 9.59 Å². The van der Waals surface area contributed by atoms with Gasteiger partial charge in [0.25, 0.3) is 11.5 Å². The van der Waals surface area contributed by atoms with Gasteiger partial charge in [-0.25, -0.2) is 9.67 Å². The predicted octanol–water partition coefficient (Wildman–Crippen LogP) is 3.71. The fraction of sp³-hybridized carbons (Fsp3) is 0.364. The molecule has 0 atom stereocenters. The first-order chi connectivity index (χ1) is 13.6. The van der Waals surface area contributed by atoms with Crippen LogP contribution in [0.2, 0.25) is 0 Å². The molecule has 0 aliphatic heterocycles. The van der Waals surface area contributed by atoms with E-state index in [-0.39, 0.29) is 16.9 Å². The molecule has 1 aromatic carbocycles. The van der Waals surface area contributed by atoms with E-state index >= 15 is 0 Å². The van der Waals surface area contributed by atoms with Crippen LogP contribution in [0.15, 0.2) is 41.2 Å². The van der Waals surface area contributed by atoms with E-state index in [1.165, 1.54) is 16.3 Å². The normalized spacial score (nSPS) is 11.5. The lowest BCUT2D eigenvalue weighted by Crippen LogP contribution is -2.32. The highest BCUT2D eigenvalue weighted by atomic mass is 32.1. The van der Waals surface area contributed by atoms with Crippen LogP contribution in [-0.2, 0) is 12.0 Å². The minimum atomic E-state index is -0.198. The van der Waals surface area contributed by atoms with Crippen molar-refractivity contribution in [1.82, 2.24) is 20.1 Å². The van der Waals surface area contributed by atoms with Crippen molar-refractivity contribution >= 4 is 17.2 Å². The monoisotopic (exact) mass is 410 g/mol. The summed E-state index contributed by atoms with van der Waals surface area (Å²) in [5.41, 5.74) is 3.24. The van der Waals surface area contributed by atoms with Gasteiger partial charge in [0, 0.05) is 18.2 Å². The molecule has 152 valence electrons. The molecule has 0 saturated carbocycles. The largest absolute Gasteiger partial charge is 0.350 e. The number of nitrogens with one attached hydrogen (secondary N) is 1. The Balaban J connectivity index is 1.66. The second kappa shape index (κ2) is 8.29. The van der Waals surface area contributed by atoms with Crippen LogP contribution in [0.25, 0.3) is 10.6 Å². The number of hydrogen-bond donors (Lipinski definition) is 1. The van der Waals surface area contributed by atoms with Crippen LogP contribution in [0.5, 0.6) is 0 Å². The van der Waals surface area contributed by atoms with Crippen LogP contribution in [0, 0.1) is 13.8 Å². The van der Waals surface area contributed by atoms with Gasteiger partial charge in [-0.05, 0) is 43.0 Å². The van der Waals surface area contributed by atoms with Gasteiger partial charge in [0.15, 0.2) is 0 Å². The standard InChI is InChI=1S/C22H26N4O2S/c1-14-20(29-15(2)24-14)18-10-11-19(27)26(25-18)13-12-23-21(28)16-6-8-17(9-7-16)22(3,4)5/h6-11H,12-13H2,1-5H3,(H,23,28). The number of aromatic nitrogens is 3. The molecule has 0 fully saturated rings. The van der Waals surface area contributed by atoms with Gasteiger partial charge in [0.2, 0.25) is 0 Å². The zero-order chi connectivity index (χ0) is 21.2. The zero-order valence-corrected chi connectivity index (χ0v) is 18.3. The van der Waals surface area contributed by atoms with Gasteiger partial charge in [0.05, 0.1) is 22.1 Å². The summed E-state index contributed by atoms with van der Waals surface area (Å²) >= 11 is 1.55. The summed E-state index contributed by atoms with van der Waals surface area (Å²) in [7, 11) is 0. The Labute approximate surface area is 174 Å². The molecule has 29 heavy (non-hydrogen) atoms. The molecule has 0 saturated heterocycles. The fourth-order valence-corrected chi connectivity index (χ4v) is 3.88. The van der Waals surface area contributed by atoms with Crippen LogP contribution in [-0.4, -0.2) is 27.2 Å². The third kappa shape index (κ3) is 4.98. The molecule has 2 aromatic heterocycles. The number of aryl methyl sites for hydroxylation is 2. The topological polar surface area (TPSA) is 76.9 Å². The first kappa shape index (κ1) is 20.9. The van der Waals surface area contributed by atoms with Crippen molar-refractivity contribution in [2.75, 3.05) is 6.54 Å². The van der Waals surface area contributed by atoms with Crippen molar-refractivity contribution in [3.8, 4) is 10.6 Å². The highest BCUT2D eigenvalue weighted by molar-refractivity contribution is 7.15. The first-order valence-electron chi connectivity index (χ1n) is 9.56. The molecule has 6 nitrogen and oxygen atoms in total. The van der Waals surface area contributed by atoms with Crippen LogP contribution in [0.3, 0.4) is 0 Å². The van der Waals surface area contributed by atoms with E-state index < -0.39 is 0 Å². The van der Waals surface area contributed by atoms with Gasteiger partial charge >= 0.3 is 0 Å². The molecule has 0 radical (unpaired) electrons. The molecule has 3 rings (SSSR count). The number of amides is 1. The second-order valence-electron chi connectivity index (χ2n) is 8.01. The highest BCUT2D eigenvalue weighted by Crippen LogP contribution is 2.27. The predicted molar refractivity (Wildman–Crippen MR) is 117 cm³/mol. The Hall–Kier alpha value is -2.80. The van der Waals surface area contributed by atoms with E-state index in [1.54, 1.807) is 17.4 Å². The lowest BCUT2D eigenvalue weighted by Gasteiger charge is -2.19. The maximum Gasteiger partial charge on any atom is 0.266 e. The molecule has 0 aliphatic carbocycles. The van der Waals surface area contributed by atoms with Crippen LogP contribution < -0.4 is 10.9 Å². The van der Waals surface area contributed by atoms with Gasteiger partial charge in [-0.15, -0.1) is 11.3 Å². The Morgan fingerprint density at radius 3 is 2.38 bits per heavy atom. The molecule has 7 heteroatoms. The van der Waals surface area contributed by atoms with E-state index in [1.807, 2.05) is 38.1 Å². The van der Waals surface area contributed by atoms with Crippen LogP contribution >= 0.6 is 11.3 Å². The van der Waals surface area contributed by atoms with Gasteiger partial charge in [-0.3, -0.25) is 9.59 Å². The molecule has 0 spiro atoms. The summed E-state index contributed by atoms with van der Waals surface area (Å²) in [5.74, 6) is -0.163. The lowest BCUT2D eigenvalue weighted by atomic mass is 9.87. The summed E-state index contributed by atoms with van der Waals surface area (Å²) in [5, 5.41) is 8.27. The van der Waals surface area contributed by atoms with E-state index in [4.69, 9.17) is 0 Å². The Morgan fingerprint density at radius 1 is 1.10 bits per heavy atom. The molecule has 0 unspecified atom stereocenters. The first-order valence-corrected chi connectivity index (χ1v) is 10.4. The molecule has 1 N–H and O–H groups in total. The third-order valence-corrected chi connectivity index (χ3v) is 5.72. The highest BCUT2D eigenvalue weighted by Gasteiger charge is 2.14. The molecule has 2 heterocycles. The fourth-order valence-electron chi connectivity index (χ4n) is 3.00. The van der Waals surface area contributed by atoms with Crippen molar-refractivity contribution in [2.45, 2.75) is 46.6 Å². The molecule has 0 bridgehead atoms. The molecular formula is C22H26N4O2S. The average molecular weight is 411 g/mol. The maximum atomic E-state index is 12.4. The van der Waals surface area contributed by atoms with Crippen LogP contribution in [0.4, 0.5) is 0 Å². The van der Waals surface area contributed by atoms with Crippen molar-refractivity contribution in [2.24, 2.45) is 0 Å². The molecule has 1 amide bonds. The van der Waals surface area contributed by atoms with Crippen molar-refractivity contribution in [3.05, 3.63) is 68.6 Å². The summed E-state index contributed by atoms with van der Waals surface area (Å²) < 4.78 is 1.38. The summed E-state index contributed by atoms with van der Waals surface area (Å²) in [6.07, 6.45) is 0. The smallest absolute Gasteiger partial charge is 0.266 e. The van der Waals surface area contributed by atoms with E-state index in [0.29, 0.717) is 18.7 Å². The Kier molecular flexibility index (Phi) is 5.98. The Morgan fingerprint density at radius 2 is 1.79 bits per heavy atom. The zero-order valence-electron chi connectivity index (χ0n) is 17.4. The summed E-state index contributed by atoms with van der Waals surface area (Å²) in [4.78, 5) is 29.9. The van der Waals surface area contributed by atoms with Crippen molar-refractivity contribution < 1.29 is 4.79 Å². The number of rotatable bonds is 5. The van der Waals surface area contributed by atoms with E-state index in [0.717, 1.165) is 21.3 Å². The molecular weight excluding hydrogens is 384 g/mol. The summed E-state index contributed by atoms with van der Waals surface area (Å²) in [6, 6.07) is 10.8. The number of carbonyl (C=O) groups excluding carboxylic acids is 1.